The number of aliphatic hydroxyl groups excluding tert-OH is 1. The zero-order valence-electron chi connectivity index (χ0n) is 22.2. The van der Waals surface area contributed by atoms with Crippen molar-refractivity contribution in [1.82, 2.24) is 20.0 Å². The van der Waals surface area contributed by atoms with Gasteiger partial charge in [-0.05, 0) is 30.7 Å². The van der Waals surface area contributed by atoms with Gasteiger partial charge in [0, 0.05) is 49.7 Å². The molecule has 3 aromatic rings. The van der Waals surface area contributed by atoms with Crippen molar-refractivity contribution in [2.24, 2.45) is 0 Å². The number of ether oxygens (including phenoxy) is 1. The second-order valence-corrected chi connectivity index (χ2v) is 10.3. The van der Waals surface area contributed by atoms with E-state index in [1.165, 1.54) is 12.1 Å². The van der Waals surface area contributed by atoms with Crippen LogP contribution in [-0.4, -0.2) is 71.8 Å². The van der Waals surface area contributed by atoms with Gasteiger partial charge in [0.1, 0.15) is 17.5 Å². The summed E-state index contributed by atoms with van der Waals surface area (Å²) in [4.78, 5) is 15.4. The molecule has 1 aromatic heterocycles. The lowest BCUT2D eigenvalue weighted by atomic mass is 9.88. The van der Waals surface area contributed by atoms with Crippen molar-refractivity contribution in [3.8, 4) is 5.69 Å². The minimum atomic E-state index is -0.644. The number of nitrogens with zero attached hydrogens (tertiary/aromatic N) is 3. The van der Waals surface area contributed by atoms with E-state index in [2.05, 4.69) is 15.5 Å². The van der Waals surface area contributed by atoms with Crippen molar-refractivity contribution < 1.29 is 23.4 Å². The SMILES string of the molecule is COCCN1C[C@@H](NC(=O)Nc2c(C)c(C(C)(C)CO)nn2-c2ccccc2)[C@H](c2ccc(F)cc2F)C1. The summed E-state index contributed by atoms with van der Waals surface area (Å²) in [6.07, 6.45) is 0. The van der Waals surface area contributed by atoms with E-state index in [1.807, 2.05) is 51.1 Å². The number of halogens is 2. The highest BCUT2D eigenvalue weighted by molar-refractivity contribution is 5.90. The van der Waals surface area contributed by atoms with Crippen LogP contribution in [0.5, 0.6) is 0 Å². The zero-order chi connectivity index (χ0) is 27.4. The average Bonchev–Trinajstić information content (AvgIpc) is 3.44. The fourth-order valence-electron chi connectivity index (χ4n) is 4.98. The van der Waals surface area contributed by atoms with Crippen molar-refractivity contribution in [2.75, 3.05) is 45.3 Å². The molecule has 0 unspecified atom stereocenters. The Morgan fingerprint density at radius 1 is 1.18 bits per heavy atom. The van der Waals surface area contributed by atoms with Gasteiger partial charge < -0.3 is 15.2 Å². The third-order valence-electron chi connectivity index (χ3n) is 7.08. The number of carbonyl (C=O) groups is 1. The highest BCUT2D eigenvalue weighted by Gasteiger charge is 2.37. The van der Waals surface area contributed by atoms with Crippen molar-refractivity contribution >= 4 is 11.8 Å². The van der Waals surface area contributed by atoms with Gasteiger partial charge >= 0.3 is 6.03 Å². The third kappa shape index (κ3) is 5.87. The molecular weight excluding hydrogens is 492 g/mol. The Hall–Kier alpha value is -3.34. The quantitative estimate of drug-likeness (QED) is 0.392. The van der Waals surface area contributed by atoms with Crippen LogP contribution in [0.15, 0.2) is 48.5 Å². The number of nitrogens with one attached hydrogen (secondary N) is 2. The number of benzene rings is 2. The van der Waals surface area contributed by atoms with Gasteiger partial charge in [0.2, 0.25) is 0 Å². The van der Waals surface area contributed by atoms with E-state index in [4.69, 9.17) is 9.84 Å². The van der Waals surface area contributed by atoms with Gasteiger partial charge in [-0.25, -0.2) is 18.3 Å². The van der Waals surface area contributed by atoms with Crippen LogP contribution in [0.3, 0.4) is 0 Å². The molecule has 10 heteroatoms. The molecule has 204 valence electrons. The van der Waals surface area contributed by atoms with Gasteiger partial charge in [-0.2, -0.15) is 5.10 Å². The Kier molecular flexibility index (Phi) is 8.44. The summed E-state index contributed by atoms with van der Waals surface area (Å²) >= 11 is 0. The van der Waals surface area contributed by atoms with Gasteiger partial charge in [-0.3, -0.25) is 10.2 Å². The van der Waals surface area contributed by atoms with Crippen LogP contribution < -0.4 is 10.6 Å². The monoisotopic (exact) mass is 527 g/mol. The predicted molar refractivity (Wildman–Crippen MR) is 142 cm³/mol. The maximum atomic E-state index is 14.7. The molecule has 2 heterocycles. The zero-order valence-corrected chi connectivity index (χ0v) is 22.2. The molecule has 0 bridgehead atoms. The molecule has 1 saturated heterocycles. The van der Waals surface area contributed by atoms with Gasteiger partial charge in [0.05, 0.1) is 30.6 Å². The number of amides is 2. The molecule has 2 aromatic carbocycles. The average molecular weight is 528 g/mol. The smallest absolute Gasteiger partial charge is 0.320 e. The predicted octanol–water partition coefficient (Wildman–Crippen LogP) is 3.96. The van der Waals surface area contributed by atoms with E-state index >= 15 is 0 Å². The van der Waals surface area contributed by atoms with Crippen molar-refractivity contribution in [3.05, 3.63) is 77.0 Å². The van der Waals surface area contributed by atoms with Crippen LogP contribution >= 0.6 is 0 Å². The summed E-state index contributed by atoms with van der Waals surface area (Å²) in [5.41, 5.74) is 1.88. The number of urea groups is 1. The Labute approximate surface area is 221 Å². The Bertz CT molecular complexity index is 1260. The summed E-state index contributed by atoms with van der Waals surface area (Å²) in [5.74, 6) is -1.18. The molecule has 1 aliphatic rings. The highest BCUT2D eigenvalue weighted by atomic mass is 19.1. The van der Waals surface area contributed by atoms with E-state index in [9.17, 15) is 18.7 Å². The molecule has 8 nitrogen and oxygen atoms in total. The van der Waals surface area contributed by atoms with Gasteiger partial charge in [0.15, 0.2) is 0 Å². The maximum absolute atomic E-state index is 14.7. The lowest BCUT2D eigenvalue weighted by molar-refractivity contribution is 0.159. The van der Waals surface area contributed by atoms with Crippen LogP contribution in [0.4, 0.5) is 19.4 Å². The van der Waals surface area contributed by atoms with Crippen LogP contribution in [0.2, 0.25) is 0 Å². The number of rotatable bonds is 9. The van der Waals surface area contributed by atoms with Crippen LogP contribution in [0.1, 0.15) is 36.6 Å². The molecule has 2 amide bonds. The molecule has 38 heavy (non-hydrogen) atoms. The van der Waals surface area contributed by atoms with E-state index in [-0.39, 0.29) is 12.5 Å². The van der Waals surface area contributed by atoms with Crippen LogP contribution in [-0.2, 0) is 10.2 Å². The number of aromatic nitrogens is 2. The molecule has 0 radical (unpaired) electrons. The summed E-state index contributed by atoms with van der Waals surface area (Å²) in [6.45, 7) is 7.60. The summed E-state index contributed by atoms with van der Waals surface area (Å²) < 4.78 is 35.2. The number of aliphatic hydroxyl groups is 1. The van der Waals surface area contributed by atoms with Crippen molar-refractivity contribution in [2.45, 2.75) is 38.1 Å². The Balaban J connectivity index is 1.61. The molecule has 0 saturated carbocycles. The third-order valence-corrected chi connectivity index (χ3v) is 7.08. The molecule has 0 aliphatic carbocycles. The van der Waals surface area contributed by atoms with E-state index in [1.54, 1.807) is 11.8 Å². The number of hydrogen-bond acceptors (Lipinski definition) is 5. The molecule has 2 atom stereocenters. The van der Waals surface area contributed by atoms with Crippen molar-refractivity contribution in [1.29, 1.82) is 0 Å². The fraction of sp³-hybridized carbons (Fsp3) is 0.429. The number of methoxy groups -OCH3 is 1. The standard InChI is InChI=1S/C28H35F2N5O3/c1-18-25(28(2,3)17-36)33-35(20-8-6-5-7-9-20)26(18)32-27(37)31-24-16-34(12-13-38-4)15-22(24)21-11-10-19(29)14-23(21)30/h5-11,14,22,24,36H,12-13,15-17H2,1-4H3,(H2,31,32,37)/t22-,24+/m0/s1. The normalized spacial score (nSPS) is 18.1. The number of likely N-dealkylation sites (tertiary alicyclic amines) is 1. The molecule has 4 rings (SSSR count). The van der Waals surface area contributed by atoms with E-state index in [0.29, 0.717) is 43.3 Å². The molecule has 1 aliphatic heterocycles. The lowest BCUT2D eigenvalue weighted by Crippen LogP contribution is -2.42. The number of anilines is 1. The van der Waals surface area contributed by atoms with Gasteiger partial charge in [-0.15, -0.1) is 0 Å². The molecule has 0 spiro atoms. The maximum Gasteiger partial charge on any atom is 0.320 e. The molecule has 1 fully saturated rings. The minimum Gasteiger partial charge on any atom is -0.395 e. The van der Waals surface area contributed by atoms with Crippen molar-refractivity contribution in [3.63, 3.8) is 0 Å². The highest BCUT2D eigenvalue weighted by Crippen LogP contribution is 2.33. The second-order valence-electron chi connectivity index (χ2n) is 10.3. The fourth-order valence-corrected chi connectivity index (χ4v) is 4.98. The number of hydrogen-bond donors (Lipinski definition) is 3. The Morgan fingerprint density at radius 2 is 1.92 bits per heavy atom. The first-order valence-electron chi connectivity index (χ1n) is 12.6. The largest absolute Gasteiger partial charge is 0.395 e. The first-order valence-corrected chi connectivity index (χ1v) is 12.6. The van der Waals surface area contributed by atoms with Crippen LogP contribution in [0, 0.1) is 18.6 Å². The van der Waals surface area contributed by atoms with E-state index in [0.717, 1.165) is 17.3 Å². The molecular formula is C28H35F2N5O3. The number of carbonyl (C=O) groups excluding carboxylic acids is 1. The van der Waals surface area contributed by atoms with E-state index < -0.39 is 29.1 Å². The summed E-state index contributed by atoms with van der Waals surface area (Å²) in [7, 11) is 1.61. The van der Waals surface area contributed by atoms with Gasteiger partial charge in [0.25, 0.3) is 0 Å². The lowest BCUT2D eigenvalue weighted by Gasteiger charge is -2.21. The first kappa shape index (κ1) is 27.7. The first-order chi connectivity index (χ1) is 18.1. The number of para-hydroxylation sites is 1. The van der Waals surface area contributed by atoms with Gasteiger partial charge in [-0.1, -0.05) is 38.1 Å². The van der Waals surface area contributed by atoms with Crippen LogP contribution in [0.25, 0.3) is 5.69 Å². The topological polar surface area (TPSA) is 91.7 Å². The second kappa shape index (κ2) is 11.6. The molecule has 3 N–H and O–H groups in total. The minimum absolute atomic E-state index is 0.115. The summed E-state index contributed by atoms with van der Waals surface area (Å²) in [5, 5.41) is 20.7. The Morgan fingerprint density at radius 3 is 2.58 bits per heavy atom. The summed E-state index contributed by atoms with van der Waals surface area (Å²) in [6, 6.07) is 12.1.